The maximum atomic E-state index is 13.3. The number of hydrogen-bond donors (Lipinski definition) is 0. The van der Waals surface area contributed by atoms with Crippen LogP contribution in [0.1, 0.15) is 64.8 Å². The SMILES string of the molecule is CCOC(=O)OC1=C([C@H]2CC[C@H](c3ccc(Cl)cc3)CC2)C(=O)c2ccccc2C1=O. The van der Waals surface area contributed by atoms with Gasteiger partial charge in [0.15, 0.2) is 11.5 Å². The average molecular weight is 439 g/mol. The molecule has 0 unspecified atom stereocenters. The van der Waals surface area contributed by atoms with Crippen LogP contribution in [-0.4, -0.2) is 24.3 Å². The molecule has 1 fully saturated rings. The number of Topliss-reactive ketones (excluding diaryl/α,β-unsaturated/α-hetero) is 2. The first-order chi connectivity index (χ1) is 15.0. The zero-order valence-corrected chi connectivity index (χ0v) is 18.0. The molecule has 0 radical (unpaired) electrons. The van der Waals surface area contributed by atoms with Crippen LogP contribution in [0.25, 0.3) is 0 Å². The molecular formula is C25H23ClO5. The second-order valence-corrected chi connectivity index (χ2v) is 8.27. The average Bonchev–Trinajstić information content (AvgIpc) is 2.78. The smallest absolute Gasteiger partial charge is 0.434 e. The number of carbonyl (C=O) groups excluding carboxylic acids is 3. The highest BCUT2D eigenvalue weighted by Crippen LogP contribution is 2.42. The van der Waals surface area contributed by atoms with Crippen LogP contribution in [0.3, 0.4) is 0 Å². The molecule has 0 atom stereocenters. The number of carbonyl (C=O) groups is 3. The quantitative estimate of drug-likeness (QED) is 0.538. The van der Waals surface area contributed by atoms with Crippen molar-refractivity contribution in [2.24, 2.45) is 5.92 Å². The number of benzene rings is 2. The molecule has 1 saturated carbocycles. The summed E-state index contributed by atoms with van der Waals surface area (Å²) >= 11 is 6.00. The number of rotatable bonds is 4. The van der Waals surface area contributed by atoms with Crippen molar-refractivity contribution in [3.05, 3.63) is 81.6 Å². The fourth-order valence-electron chi connectivity index (χ4n) is 4.53. The van der Waals surface area contributed by atoms with Crippen molar-refractivity contribution >= 4 is 29.3 Å². The van der Waals surface area contributed by atoms with Gasteiger partial charge in [-0.25, -0.2) is 4.79 Å². The van der Waals surface area contributed by atoms with E-state index in [0.717, 1.165) is 25.7 Å². The zero-order chi connectivity index (χ0) is 22.0. The van der Waals surface area contributed by atoms with Gasteiger partial charge in [0.2, 0.25) is 5.78 Å². The van der Waals surface area contributed by atoms with Gasteiger partial charge in [0.05, 0.1) is 12.2 Å². The van der Waals surface area contributed by atoms with Crippen LogP contribution in [0.4, 0.5) is 4.79 Å². The minimum absolute atomic E-state index is 0.117. The van der Waals surface area contributed by atoms with E-state index in [4.69, 9.17) is 21.1 Å². The summed E-state index contributed by atoms with van der Waals surface area (Å²) in [5.74, 6) is -0.664. The van der Waals surface area contributed by atoms with Gasteiger partial charge in [-0.2, -0.15) is 0 Å². The first-order valence-electron chi connectivity index (χ1n) is 10.5. The van der Waals surface area contributed by atoms with Gasteiger partial charge in [0.25, 0.3) is 0 Å². The summed E-state index contributed by atoms with van der Waals surface area (Å²) in [6, 6.07) is 14.5. The lowest BCUT2D eigenvalue weighted by Gasteiger charge is -2.32. The fraction of sp³-hybridized carbons (Fsp3) is 0.320. The number of halogens is 1. The van der Waals surface area contributed by atoms with Gasteiger partial charge in [0, 0.05) is 16.1 Å². The van der Waals surface area contributed by atoms with E-state index in [2.05, 4.69) is 0 Å². The van der Waals surface area contributed by atoms with E-state index >= 15 is 0 Å². The highest BCUT2D eigenvalue weighted by Gasteiger charge is 2.39. The molecule has 31 heavy (non-hydrogen) atoms. The largest absolute Gasteiger partial charge is 0.513 e. The second kappa shape index (κ2) is 9.06. The summed E-state index contributed by atoms with van der Waals surface area (Å²) in [4.78, 5) is 38.5. The van der Waals surface area contributed by atoms with Crippen LogP contribution in [0.2, 0.25) is 5.02 Å². The predicted octanol–water partition coefficient (Wildman–Crippen LogP) is 6.12. The van der Waals surface area contributed by atoms with E-state index in [1.165, 1.54) is 5.56 Å². The summed E-state index contributed by atoms with van der Waals surface area (Å²) in [5, 5.41) is 0.702. The first kappa shape index (κ1) is 21.3. The standard InChI is InChI=1S/C25H23ClO5/c1-2-30-25(29)31-24-21(22(27)19-5-3-4-6-20(19)23(24)28)17-9-7-15(8-10-17)16-11-13-18(26)14-12-16/h3-6,11-15,17H,2,7-10H2,1H3/t15-,17-. The number of ether oxygens (including phenoxy) is 2. The molecule has 2 aromatic carbocycles. The topological polar surface area (TPSA) is 69.7 Å². The summed E-state index contributed by atoms with van der Waals surface area (Å²) in [7, 11) is 0. The highest BCUT2D eigenvalue weighted by atomic mass is 35.5. The molecule has 0 aromatic heterocycles. The predicted molar refractivity (Wildman–Crippen MR) is 116 cm³/mol. The van der Waals surface area contributed by atoms with Crippen molar-refractivity contribution < 1.29 is 23.9 Å². The number of fused-ring (bicyclic) bond motifs is 1. The van der Waals surface area contributed by atoms with Gasteiger partial charge in [-0.15, -0.1) is 0 Å². The Hall–Kier alpha value is -2.92. The lowest BCUT2D eigenvalue weighted by atomic mass is 9.72. The Bertz CT molecular complexity index is 1050. The van der Waals surface area contributed by atoms with Gasteiger partial charge in [-0.05, 0) is 62.1 Å². The molecular weight excluding hydrogens is 416 g/mol. The molecule has 2 aliphatic rings. The Kier molecular flexibility index (Phi) is 6.23. The van der Waals surface area contributed by atoms with Crippen LogP contribution in [0.5, 0.6) is 0 Å². The summed E-state index contributed by atoms with van der Waals surface area (Å²) < 4.78 is 10.2. The Morgan fingerprint density at radius 2 is 1.48 bits per heavy atom. The lowest BCUT2D eigenvalue weighted by Crippen LogP contribution is -2.30. The van der Waals surface area contributed by atoms with Gasteiger partial charge in [-0.3, -0.25) is 9.59 Å². The Morgan fingerprint density at radius 1 is 0.903 bits per heavy atom. The molecule has 5 nitrogen and oxygen atoms in total. The Morgan fingerprint density at radius 3 is 2.10 bits per heavy atom. The third-order valence-corrected chi connectivity index (χ3v) is 6.29. The minimum Gasteiger partial charge on any atom is -0.434 e. The van der Waals surface area contributed by atoms with Gasteiger partial charge >= 0.3 is 6.16 Å². The van der Waals surface area contributed by atoms with Crippen molar-refractivity contribution in [3.8, 4) is 0 Å². The molecule has 0 bridgehead atoms. The second-order valence-electron chi connectivity index (χ2n) is 7.83. The fourth-order valence-corrected chi connectivity index (χ4v) is 4.65. The molecule has 2 aliphatic carbocycles. The van der Waals surface area contributed by atoms with Crippen molar-refractivity contribution in [2.75, 3.05) is 6.61 Å². The molecule has 0 N–H and O–H groups in total. The number of hydrogen-bond acceptors (Lipinski definition) is 5. The highest BCUT2D eigenvalue weighted by molar-refractivity contribution is 6.30. The molecule has 0 amide bonds. The van der Waals surface area contributed by atoms with Crippen molar-refractivity contribution in [2.45, 2.75) is 38.5 Å². The van der Waals surface area contributed by atoms with Crippen molar-refractivity contribution in [1.29, 1.82) is 0 Å². The normalized spacial score (nSPS) is 21.0. The van der Waals surface area contributed by atoms with Crippen LogP contribution >= 0.6 is 11.6 Å². The van der Waals surface area contributed by atoms with Crippen molar-refractivity contribution in [1.82, 2.24) is 0 Å². The minimum atomic E-state index is -0.967. The molecule has 0 aliphatic heterocycles. The third-order valence-electron chi connectivity index (χ3n) is 6.04. The first-order valence-corrected chi connectivity index (χ1v) is 10.9. The Labute approximate surface area is 186 Å². The van der Waals surface area contributed by atoms with E-state index in [-0.39, 0.29) is 29.6 Å². The van der Waals surface area contributed by atoms with Crippen molar-refractivity contribution in [3.63, 3.8) is 0 Å². The molecule has 0 heterocycles. The van der Waals surface area contributed by atoms with Crippen LogP contribution in [0.15, 0.2) is 59.9 Å². The zero-order valence-electron chi connectivity index (χ0n) is 17.2. The number of ketones is 2. The molecule has 0 saturated heterocycles. The van der Waals surface area contributed by atoms with Gasteiger partial charge < -0.3 is 9.47 Å². The van der Waals surface area contributed by atoms with E-state index in [9.17, 15) is 14.4 Å². The molecule has 4 rings (SSSR count). The number of allylic oxidation sites excluding steroid dienone is 2. The Balaban J connectivity index is 1.63. The summed E-state index contributed by atoms with van der Waals surface area (Å²) in [6.45, 7) is 1.77. The lowest BCUT2D eigenvalue weighted by molar-refractivity contribution is 0.0676. The molecule has 0 spiro atoms. The maximum Gasteiger partial charge on any atom is 0.513 e. The van der Waals surface area contributed by atoms with Gasteiger partial charge in [-0.1, -0.05) is 48.0 Å². The van der Waals surface area contributed by atoms with E-state index in [1.54, 1.807) is 31.2 Å². The maximum absolute atomic E-state index is 13.3. The monoisotopic (exact) mass is 438 g/mol. The van der Waals surface area contributed by atoms with Crippen LogP contribution in [-0.2, 0) is 9.47 Å². The van der Waals surface area contributed by atoms with Crippen LogP contribution < -0.4 is 0 Å². The van der Waals surface area contributed by atoms with E-state index in [0.29, 0.717) is 22.1 Å². The molecule has 2 aromatic rings. The van der Waals surface area contributed by atoms with E-state index < -0.39 is 11.9 Å². The molecule has 6 heteroatoms. The molecule has 160 valence electrons. The summed E-state index contributed by atoms with van der Waals surface area (Å²) in [6.07, 6.45) is 2.21. The van der Waals surface area contributed by atoms with Crippen LogP contribution in [0, 0.1) is 5.92 Å². The summed E-state index contributed by atoms with van der Waals surface area (Å²) in [5.41, 5.74) is 2.13. The third kappa shape index (κ3) is 4.28. The van der Waals surface area contributed by atoms with Gasteiger partial charge in [0.1, 0.15) is 0 Å². The van der Waals surface area contributed by atoms with E-state index in [1.807, 2.05) is 24.3 Å².